The second-order valence-electron chi connectivity index (χ2n) is 4.17. The number of aliphatic hydroxyl groups excluding tert-OH is 1. The van der Waals surface area contributed by atoms with Crippen molar-refractivity contribution in [2.45, 2.75) is 19.1 Å². The van der Waals surface area contributed by atoms with E-state index in [1.165, 1.54) is 25.9 Å². The minimum atomic E-state index is -0.567. The van der Waals surface area contributed by atoms with Gasteiger partial charge < -0.3 is 14.7 Å². The van der Waals surface area contributed by atoms with Gasteiger partial charge in [0.1, 0.15) is 0 Å². The summed E-state index contributed by atoms with van der Waals surface area (Å²) in [6.07, 6.45) is 2.14. The van der Waals surface area contributed by atoms with Crippen molar-refractivity contribution in [1.82, 2.24) is 9.80 Å². The maximum absolute atomic E-state index is 9.29. The third-order valence-electron chi connectivity index (χ3n) is 3.06. The molecule has 14 heavy (non-hydrogen) atoms. The number of morpholine rings is 1. The zero-order chi connectivity index (χ0) is 9.80. The van der Waals surface area contributed by atoms with E-state index < -0.39 is 6.29 Å². The standard InChI is InChI=1S/C10H20N2O2/c13-10-9-12(7-8-14-10)6-5-11-3-1-2-4-11/h10,13H,1-9H2/t10-/m1/s1. The van der Waals surface area contributed by atoms with E-state index in [2.05, 4.69) is 9.80 Å². The SMILES string of the molecule is O[C@H]1CN(CCN2CCCC2)CCO1. The molecule has 2 aliphatic rings. The predicted octanol–water partition coefficient (Wildman–Crippen LogP) is -0.267. The van der Waals surface area contributed by atoms with Crippen LogP contribution >= 0.6 is 0 Å². The van der Waals surface area contributed by atoms with Crippen molar-refractivity contribution in [2.24, 2.45) is 0 Å². The molecule has 0 radical (unpaired) electrons. The largest absolute Gasteiger partial charge is 0.367 e. The molecule has 0 aliphatic carbocycles. The van der Waals surface area contributed by atoms with Crippen molar-refractivity contribution in [2.75, 3.05) is 45.9 Å². The Labute approximate surface area is 85.4 Å². The zero-order valence-corrected chi connectivity index (χ0v) is 8.69. The van der Waals surface area contributed by atoms with Gasteiger partial charge in [0.05, 0.1) is 6.61 Å². The lowest BCUT2D eigenvalue weighted by atomic mass is 10.4. The van der Waals surface area contributed by atoms with E-state index in [0.29, 0.717) is 13.2 Å². The highest BCUT2D eigenvalue weighted by Gasteiger charge is 2.19. The molecular weight excluding hydrogens is 180 g/mol. The van der Waals surface area contributed by atoms with E-state index in [1.54, 1.807) is 0 Å². The van der Waals surface area contributed by atoms with Crippen LogP contribution in [0.15, 0.2) is 0 Å². The topological polar surface area (TPSA) is 35.9 Å². The molecule has 2 saturated heterocycles. The normalized spacial score (nSPS) is 31.1. The summed E-state index contributed by atoms with van der Waals surface area (Å²) in [4.78, 5) is 4.79. The lowest BCUT2D eigenvalue weighted by Crippen LogP contribution is -2.45. The molecule has 4 heteroatoms. The van der Waals surface area contributed by atoms with Gasteiger partial charge in [-0.3, -0.25) is 4.90 Å². The summed E-state index contributed by atoms with van der Waals surface area (Å²) in [6.45, 7) is 7.03. The van der Waals surface area contributed by atoms with Crippen molar-refractivity contribution >= 4 is 0 Å². The van der Waals surface area contributed by atoms with Crippen LogP contribution in [0.5, 0.6) is 0 Å². The molecule has 0 amide bonds. The van der Waals surface area contributed by atoms with Crippen molar-refractivity contribution in [1.29, 1.82) is 0 Å². The molecule has 1 atom stereocenters. The second-order valence-corrected chi connectivity index (χ2v) is 4.17. The Kier molecular flexibility index (Phi) is 3.75. The molecule has 4 nitrogen and oxygen atoms in total. The van der Waals surface area contributed by atoms with Crippen molar-refractivity contribution < 1.29 is 9.84 Å². The maximum Gasteiger partial charge on any atom is 0.167 e. The van der Waals surface area contributed by atoms with E-state index in [1.807, 2.05) is 0 Å². The average molecular weight is 200 g/mol. The van der Waals surface area contributed by atoms with Gasteiger partial charge in [0.15, 0.2) is 6.29 Å². The van der Waals surface area contributed by atoms with E-state index in [4.69, 9.17) is 4.74 Å². The van der Waals surface area contributed by atoms with Crippen LogP contribution in [0.3, 0.4) is 0 Å². The Morgan fingerprint density at radius 2 is 1.79 bits per heavy atom. The molecule has 0 spiro atoms. The number of hydrogen-bond acceptors (Lipinski definition) is 4. The molecule has 0 aromatic carbocycles. The van der Waals surface area contributed by atoms with Gasteiger partial charge in [0, 0.05) is 26.2 Å². The predicted molar refractivity (Wildman–Crippen MR) is 54.1 cm³/mol. The summed E-state index contributed by atoms with van der Waals surface area (Å²) in [5.41, 5.74) is 0. The third kappa shape index (κ3) is 2.92. The highest BCUT2D eigenvalue weighted by atomic mass is 16.6. The van der Waals surface area contributed by atoms with Crippen LogP contribution in [-0.2, 0) is 4.74 Å². The van der Waals surface area contributed by atoms with Crippen LogP contribution in [0.25, 0.3) is 0 Å². The van der Waals surface area contributed by atoms with Crippen molar-refractivity contribution in [3.05, 3.63) is 0 Å². The molecule has 2 rings (SSSR count). The van der Waals surface area contributed by atoms with Gasteiger partial charge in [-0.1, -0.05) is 0 Å². The molecule has 0 saturated carbocycles. The monoisotopic (exact) mass is 200 g/mol. The highest BCUT2D eigenvalue weighted by molar-refractivity contribution is 4.70. The van der Waals surface area contributed by atoms with Gasteiger partial charge in [0.2, 0.25) is 0 Å². The van der Waals surface area contributed by atoms with Crippen LogP contribution in [0.4, 0.5) is 0 Å². The molecule has 2 heterocycles. The van der Waals surface area contributed by atoms with Crippen LogP contribution < -0.4 is 0 Å². The lowest BCUT2D eigenvalue weighted by Gasteiger charge is -2.31. The molecular formula is C10H20N2O2. The first-order chi connectivity index (χ1) is 6.84. The lowest BCUT2D eigenvalue weighted by molar-refractivity contribution is -0.146. The molecule has 2 fully saturated rings. The molecule has 2 aliphatic heterocycles. The Morgan fingerprint density at radius 3 is 2.50 bits per heavy atom. The average Bonchev–Trinajstić information content (AvgIpc) is 2.67. The minimum Gasteiger partial charge on any atom is -0.367 e. The summed E-state index contributed by atoms with van der Waals surface area (Å²) < 4.78 is 5.08. The van der Waals surface area contributed by atoms with Gasteiger partial charge in [-0.25, -0.2) is 0 Å². The fourth-order valence-corrected chi connectivity index (χ4v) is 2.17. The number of rotatable bonds is 3. The number of ether oxygens (including phenoxy) is 1. The van der Waals surface area contributed by atoms with Gasteiger partial charge >= 0.3 is 0 Å². The molecule has 0 aromatic rings. The number of β-amino-alcohol motifs (C(OH)–C–C–N with tert-alkyl or cyclic N) is 1. The smallest absolute Gasteiger partial charge is 0.167 e. The quantitative estimate of drug-likeness (QED) is 0.680. The maximum atomic E-state index is 9.29. The number of nitrogens with zero attached hydrogens (tertiary/aromatic N) is 2. The molecule has 82 valence electrons. The minimum absolute atomic E-state index is 0.567. The van der Waals surface area contributed by atoms with Gasteiger partial charge in [-0.15, -0.1) is 0 Å². The van der Waals surface area contributed by atoms with Crippen LogP contribution in [0, 0.1) is 0 Å². The zero-order valence-electron chi connectivity index (χ0n) is 8.69. The van der Waals surface area contributed by atoms with Crippen LogP contribution in [-0.4, -0.2) is 67.1 Å². The number of aliphatic hydroxyl groups is 1. The Balaban J connectivity index is 1.64. The van der Waals surface area contributed by atoms with E-state index in [9.17, 15) is 5.11 Å². The first-order valence-corrected chi connectivity index (χ1v) is 5.59. The summed E-state index contributed by atoms with van der Waals surface area (Å²) in [7, 11) is 0. The van der Waals surface area contributed by atoms with E-state index in [-0.39, 0.29) is 0 Å². The molecule has 0 aromatic heterocycles. The van der Waals surface area contributed by atoms with Crippen LogP contribution in [0.1, 0.15) is 12.8 Å². The third-order valence-corrected chi connectivity index (χ3v) is 3.06. The van der Waals surface area contributed by atoms with Crippen molar-refractivity contribution in [3.8, 4) is 0 Å². The van der Waals surface area contributed by atoms with Crippen molar-refractivity contribution in [3.63, 3.8) is 0 Å². The van der Waals surface area contributed by atoms with Gasteiger partial charge in [-0.2, -0.15) is 0 Å². The molecule has 0 bridgehead atoms. The first-order valence-electron chi connectivity index (χ1n) is 5.59. The Morgan fingerprint density at radius 1 is 1.07 bits per heavy atom. The summed E-state index contributed by atoms with van der Waals surface area (Å²) in [5.74, 6) is 0. The fraction of sp³-hybridized carbons (Fsp3) is 1.00. The number of likely N-dealkylation sites (tertiary alicyclic amines) is 1. The first kappa shape index (κ1) is 10.4. The Hall–Kier alpha value is -0.160. The summed E-state index contributed by atoms with van der Waals surface area (Å²) in [6, 6.07) is 0. The second kappa shape index (κ2) is 5.07. The highest BCUT2D eigenvalue weighted by Crippen LogP contribution is 2.08. The van der Waals surface area contributed by atoms with E-state index in [0.717, 1.165) is 19.6 Å². The fourth-order valence-electron chi connectivity index (χ4n) is 2.17. The Bertz CT molecular complexity index is 172. The van der Waals surface area contributed by atoms with Gasteiger partial charge in [0.25, 0.3) is 0 Å². The summed E-state index contributed by atoms with van der Waals surface area (Å²) in [5, 5.41) is 9.29. The van der Waals surface area contributed by atoms with Gasteiger partial charge in [-0.05, 0) is 25.9 Å². The van der Waals surface area contributed by atoms with E-state index >= 15 is 0 Å². The summed E-state index contributed by atoms with van der Waals surface area (Å²) >= 11 is 0. The van der Waals surface area contributed by atoms with Crippen LogP contribution in [0.2, 0.25) is 0 Å². The number of hydrogen-bond donors (Lipinski definition) is 1. The molecule has 1 N–H and O–H groups in total. The molecule has 0 unspecified atom stereocenters.